The van der Waals surface area contributed by atoms with Crippen LogP contribution in [0.25, 0.3) is 0 Å². The zero-order chi connectivity index (χ0) is 17.5. The molecule has 1 N–H and O–H groups in total. The monoisotopic (exact) mass is 330 g/mol. The number of carbonyl (C=O) groups is 1. The van der Waals surface area contributed by atoms with Crippen molar-refractivity contribution < 1.29 is 19.0 Å². The predicted molar refractivity (Wildman–Crippen MR) is 90.7 cm³/mol. The van der Waals surface area contributed by atoms with Crippen LogP contribution in [0.15, 0.2) is 36.5 Å². The van der Waals surface area contributed by atoms with Crippen LogP contribution in [0.4, 0.5) is 0 Å². The lowest BCUT2D eigenvalue weighted by atomic mass is 10.1. The Morgan fingerprint density at radius 3 is 2.50 bits per heavy atom. The fourth-order valence-electron chi connectivity index (χ4n) is 2.08. The second-order valence-corrected chi connectivity index (χ2v) is 5.42. The molecule has 2 aromatic rings. The van der Waals surface area contributed by atoms with Gasteiger partial charge in [-0.15, -0.1) is 0 Å². The zero-order valence-corrected chi connectivity index (χ0v) is 14.3. The van der Waals surface area contributed by atoms with E-state index in [0.29, 0.717) is 29.5 Å². The number of nitrogens with one attached hydrogen (secondary N) is 1. The maximum atomic E-state index is 12.3. The SMILES string of the molecule is COc1ccc(CNC(=O)c2ccc(OC(C)C)c(OC)c2)cn1. The van der Waals surface area contributed by atoms with Gasteiger partial charge in [-0.05, 0) is 37.6 Å². The molecule has 0 saturated heterocycles. The molecular weight excluding hydrogens is 308 g/mol. The number of hydrogen-bond acceptors (Lipinski definition) is 5. The average molecular weight is 330 g/mol. The van der Waals surface area contributed by atoms with Gasteiger partial charge in [-0.2, -0.15) is 0 Å². The molecule has 0 aliphatic rings. The molecule has 0 unspecified atom stereocenters. The number of aromatic nitrogens is 1. The van der Waals surface area contributed by atoms with E-state index in [0.717, 1.165) is 5.56 Å². The third-order valence-corrected chi connectivity index (χ3v) is 3.25. The number of nitrogens with zero attached hydrogens (tertiary/aromatic N) is 1. The minimum absolute atomic E-state index is 0.0288. The maximum absolute atomic E-state index is 12.3. The van der Waals surface area contributed by atoms with Gasteiger partial charge in [0.05, 0.1) is 20.3 Å². The molecule has 0 saturated carbocycles. The van der Waals surface area contributed by atoms with E-state index in [2.05, 4.69) is 10.3 Å². The van der Waals surface area contributed by atoms with Crippen molar-refractivity contribution in [2.24, 2.45) is 0 Å². The number of ether oxygens (including phenoxy) is 3. The van der Waals surface area contributed by atoms with Gasteiger partial charge in [0.15, 0.2) is 11.5 Å². The first-order valence-electron chi connectivity index (χ1n) is 7.65. The number of hydrogen-bond donors (Lipinski definition) is 1. The summed E-state index contributed by atoms with van der Waals surface area (Å²) in [5, 5.41) is 2.85. The molecule has 1 aromatic heterocycles. The summed E-state index contributed by atoms with van der Waals surface area (Å²) >= 11 is 0. The molecule has 0 radical (unpaired) electrons. The number of rotatable bonds is 7. The first-order valence-corrected chi connectivity index (χ1v) is 7.65. The fourth-order valence-corrected chi connectivity index (χ4v) is 2.08. The molecule has 0 atom stereocenters. The molecule has 128 valence electrons. The van der Waals surface area contributed by atoms with Crippen molar-refractivity contribution in [3.8, 4) is 17.4 Å². The number of benzene rings is 1. The quantitative estimate of drug-likeness (QED) is 0.845. The maximum Gasteiger partial charge on any atom is 0.251 e. The van der Waals surface area contributed by atoms with Crippen LogP contribution in [0.5, 0.6) is 17.4 Å². The van der Waals surface area contributed by atoms with E-state index in [1.807, 2.05) is 19.9 Å². The molecule has 24 heavy (non-hydrogen) atoms. The van der Waals surface area contributed by atoms with E-state index in [1.165, 1.54) is 0 Å². The van der Waals surface area contributed by atoms with E-state index in [4.69, 9.17) is 14.2 Å². The molecule has 1 heterocycles. The van der Waals surface area contributed by atoms with Gasteiger partial charge in [0.1, 0.15) is 0 Å². The Bertz CT molecular complexity index is 684. The Morgan fingerprint density at radius 2 is 1.92 bits per heavy atom. The normalized spacial score (nSPS) is 10.4. The van der Waals surface area contributed by atoms with Crippen LogP contribution in [0.2, 0.25) is 0 Å². The molecule has 6 nitrogen and oxygen atoms in total. The van der Waals surface area contributed by atoms with Crippen LogP contribution in [-0.4, -0.2) is 31.2 Å². The van der Waals surface area contributed by atoms with Crippen LogP contribution in [-0.2, 0) is 6.54 Å². The van der Waals surface area contributed by atoms with Gasteiger partial charge in [-0.3, -0.25) is 4.79 Å². The van der Waals surface area contributed by atoms with E-state index >= 15 is 0 Å². The highest BCUT2D eigenvalue weighted by Crippen LogP contribution is 2.29. The first kappa shape index (κ1) is 17.6. The predicted octanol–water partition coefficient (Wildman–Crippen LogP) is 2.82. The second kappa shape index (κ2) is 8.19. The molecule has 0 bridgehead atoms. The average Bonchev–Trinajstić information content (AvgIpc) is 2.60. The van der Waals surface area contributed by atoms with E-state index in [1.54, 1.807) is 44.7 Å². The van der Waals surface area contributed by atoms with Crippen LogP contribution in [0.1, 0.15) is 29.8 Å². The minimum atomic E-state index is -0.194. The third kappa shape index (κ3) is 4.62. The van der Waals surface area contributed by atoms with Crippen molar-refractivity contribution in [3.63, 3.8) is 0 Å². The Morgan fingerprint density at radius 1 is 1.12 bits per heavy atom. The van der Waals surface area contributed by atoms with Gasteiger partial charge < -0.3 is 19.5 Å². The van der Waals surface area contributed by atoms with Crippen molar-refractivity contribution in [3.05, 3.63) is 47.7 Å². The topological polar surface area (TPSA) is 69.7 Å². The highest BCUT2D eigenvalue weighted by molar-refractivity contribution is 5.94. The van der Waals surface area contributed by atoms with Crippen molar-refractivity contribution in [2.45, 2.75) is 26.5 Å². The van der Waals surface area contributed by atoms with Crippen molar-refractivity contribution in [1.29, 1.82) is 0 Å². The smallest absolute Gasteiger partial charge is 0.251 e. The summed E-state index contributed by atoms with van der Waals surface area (Å²) in [6.45, 7) is 4.24. The molecule has 0 aliphatic carbocycles. The molecule has 0 aliphatic heterocycles. The van der Waals surface area contributed by atoms with Gasteiger partial charge in [0.2, 0.25) is 5.88 Å². The number of methoxy groups -OCH3 is 2. The Labute approximate surface area is 141 Å². The minimum Gasteiger partial charge on any atom is -0.493 e. The summed E-state index contributed by atoms with van der Waals surface area (Å²) in [6, 6.07) is 8.72. The Hall–Kier alpha value is -2.76. The van der Waals surface area contributed by atoms with Crippen molar-refractivity contribution in [2.75, 3.05) is 14.2 Å². The second-order valence-electron chi connectivity index (χ2n) is 5.42. The highest BCUT2D eigenvalue weighted by Gasteiger charge is 2.12. The summed E-state index contributed by atoms with van der Waals surface area (Å²) in [5.74, 6) is 1.49. The van der Waals surface area contributed by atoms with Crippen molar-refractivity contribution in [1.82, 2.24) is 10.3 Å². The van der Waals surface area contributed by atoms with Crippen molar-refractivity contribution >= 4 is 5.91 Å². The third-order valence-electron chi connectivity index (χ3n) is 3.25. The summed E-state index contributed by atoms with van der Waals surface area (Å²) in [6.07, 6.45) is 1.69. The zero-order valence-electron chi connectivity index (χ0n) is 14.3. The van der Waals surface area contributed by atoms with Gasteiger partial charge >= 0.3 is 0 Å². The van der Waals surface area contributed by atoms with E-state index < -0.39 is 0 Å². The standard InChI is InChI=1S/C18H22N2O4/c1-12(2)24-15-7-6-14(9-16(15)22-3)18(21)20-11-13-5-8-17(23-4)19-10-13/h5-10,12H,11H2,1-4H3,(H,20,21). The summed E-state index contributed by atoms with van der Waals surface area (Å²) in [4.78, 5) is 16.4. The van der Waals surface area contributed by atoms with Gasteiger partial charge in [-0.25, -0.2) is 4.98 Å². The van der Waals surface area contributed by atoms with Crippen LogP contribution in [0.3, 0.4) is 0 Å². The molecule has 0 spiro atoms. The van der Waals surface area contributed by atoms with Crippen LogP contribution < -0.4 is 19.5 Å². The van der Waals surface area contributed by atoms with E-state index in [9.17, 15) is 4.79 Å². The molecule has 0 fully saturated rings. The van der Waals surface area contributed by atoms with E-state index in [-0.39, 0.29) is 12.0 Å². The Balaban J connectivity index is 2.03. The lowest BCUT2D eigenvalue weighted by Crippen LogP contribution is -2.23. The van der Waals surface area contributed by atoms with Gasteiger partial charge in [0.25, 0.3) is 5.91 Å². The number of carbonyl (C=O) groups excluding carboxylic acids is 1. The molecular formula is C18H22N2O4. The lowest BCUT2D eigenvalue weighted by Gasteiger charge is -2.14. The molecule has 1 amide bonds. The summed E-state index contributed by atoms with van der Waals surface area (Å²) < 4.78 is 15.9. The van der Waals surface area contributed by atoms with Crippen LogP contribution >= 0.6 is 0 Å². The molecule has 6 heteroatoms. The molecule has 2 rings (SSSR count). The summed E-state index contributed by atoms with van der Waals surface area (Å²) in [5.41, 5.74) is 1.39. The van der Waals surface area contributed by atoms with Crippen LogP contribution in [0, 0.1) is 0 Å². The largest absolute Gasteiger partial charge is 0.493 e. The molecule has 1 aromatic carbocycles. The number of pyridine rings is 1. The number of amides is 1. The Kier molecular flexibility index (Phi) is 6.01. The van der Waals surface area contributed by atoms with Gasteiger partial charge in [0, 0.05) is 24.4 Å². The van der Waals surface area contributed by atoms with Gasteiger partial charge in [-0.1, -0.05) is 6.07 Å². The summed E-state index contributed by atoms with van der Waals surface area (Å²) in [7, 11) is 3.11. The fraction of sp³-hybridized carbons (Fsp3) is 0.333. The highest BCUT2D eigenvalue weighted by atomic mass is 16.5. The lowest BCUT2D eigenvalue weighted by molar-refractivity contribution is 0.0950. The first-order chi connectivity index (χ1) is 11.5.